The zero-order valence-corrected chi connectivity index (χ0v) is 20.3. The SMILES string of the molecule is Cc1ccc(C2=Nc3ccccc3N3C2OC(c2ccc([N+](=O)[O-])cc2)[C@@H]3c2ccc([N+](=O)[O-])cc2)cc1. The van der Waals surface area contributed by atoms with Gasteiger partial charge in [0, 0.05) is 29.8 Å². The third kappa shape index (κ3) is 3.99. The van der Waals surface area contributed by atoms with E-state index in [2.05, 4.69) is 4.90 Å². The summed E-state index contributed by atoms with van der Waals surface area (Å²) in [4.78, 5) is 28.9. The molecule has 9 heteroatoms. The van der Waals surface area contributed by atoms with E-state index in [1.807, 2.05) is 55.5 Å². The number of ether oxygens (including phenoxy) is 1. The molecule has 38 heavy (non-hydrogen) atoms. The first kappa shape index (κ1) is 23.5. The Hall–Kier alpha value is -4.89. The molecule has 0 aliphatic carbocycles. The van der Waals surface area contributed by atoms with Crippen molar-refractivity contribution in [2.75, 3.05) is 4.90 Å². The number of hydrogen-bond acceptors (Lipinski definition) is 7. The maximum absolute atomic E-state index is 11.3. The summed E-state index contributed by atoms with van der Waals surface area (Å²) >= 11 is 0. The molecular weight excluding hydrogens is 484 g/mol. The highest BCUT2D eigenvalue weighted by Gasteiger charge is 2.48. The third-order valence-corrected chi connectivity index (χ3v) is 6.97. The van der Waals surface area contributed by atoms with E-state index in [4.69, 9.17) is 9.73 Å². The van der Waals surface area contributed by atoms with Gasteiger partial charge in [-0.3, -0.25) is 20.2 Å². The van der Waals surface area contributed by atoms with Crippen LogP contribution >= 0.6 is 0 Å². The second-order valence-corrected chi connectivity index (χ2v) is 9.31. The molecule has 2 unspecified atom stereocenters. The number of nitro groups is 2. The molecule has 0 radical (unpaired) electrons. The van der Waals surface area contributed by atoms with Gasteiger partial charge in [0.1, 0.15) is 6.10 Å². The Bertz CT molecular complexity index is 1570. The Balaban J connectivity index is 1.52. The number of aryl methyl sites for hydroxylation is 1. The average Bonchev–Trinajstić information content (AvgIpc) is 3.34. The highest BCUT2D eigenvalue weighted by atomic mass is 16.6. The summed E-state index contributed by atoms with van der Waals surface area (Å²) < 4.78 is 6.74. The van der Waals surface area contributed by atoms with E-state index in [-0.39, 0.29) is 17.4 Å². The molecule has 0 spiro atoms. The van der Waals surface area contributed by atoms with Gasteiger partial charge in [-0.15, -0.1) is 0 Å². The van der Waals surface area contributed by atoms with Crippen LogP contribution in [0.5, 0.6) is 0 Å². The van der Waals surface area contributed by atoms with E-state index < -0.39 is 22.2 Å². The molecule has 6 rings (SSSR count). The molecule has 2 aliphatic heterocycles. The van der Waals surface area contributed by atoms with Crippen molar-refractivity contribution in [3.05, 3.63) is 140 Å². The van der Waals surface area contributed by atoms with E-state index in [1.54, 1.807) is 24.3 Å². The highest BCUT2D eigenvalue weighted by Crippen LogP contribution is 2.52. The number of non-ortho nitro benzene ring substituents is 2. The lowest BCUT2D eigenvalue weighted by molar-refractivity contribution is -0.385. The van der Waals surface area contributed by atoms with Gasteiger partial charge in [0.05, 0.1) is 33.0 Å². The van der Waals surface area contributed by atoms with E-state index in [1.165, 1.54) is 24.3 Å². The van der Waals surface area contributed by atoms with Gasteiger partial charge in [0.15, 0.2) is 6.23 Å². The van der Waals surface area contributed by atoms with Gasteiger partial charge >= 0.3 is 0 Å². The van der Waals surface area contributed by atoms with Crippen molar-refractivity contribution in [3.63, 3.8) is 0 Å². The number of aliphatic imine (C=N–C) groups is 1. The number of nitrogens with zero attached hydrogens (tertiary/aromatic N) is 4. The maximum atomic E-state index is 11.3. The lowest BCUT2D eigenvalue weighted by atomic mass is 9.93. The number of hydrogen-bond donors (Lipinski definition) is 0. The lowest BCUT2D eigenvalue weighted by Gasteiger charge is -2.35. The minimum atomic E-state index is -0.548. The second kappa shape index (κ2) is 9.20. The molecule has 0 aromatic heterocycles. The highest BCUT2D eigenvalue weighted by molar-refractivity contribution is 6.09. The first-order valence-corrected chi connectivity index (χ1v) is 12.1. The fourth-order valence-electron chi connectivity index (χ4n) is 5.11. The van der Waals surface area contributed by atoms with Crippen LogP contribution in [0.4, 0.5) is 22.7 Å². The summed E-state index contributed by atoms with van der Waals surface area (Å²) in [5, 5.41) is 22.6. The predicted molar refractivity (Wildman–Crippen MR) is 143 cm³/mol. The number of para-hydroxylation sites is 2. The van der Waals surface area contributed by atoms with Crippen molar-refractivity contribution in [2.45, 2.75) is 25.3 Å². The Morgan fingerprint density at radius 2 is 1.34 bits per heavy atom. The summed E-state index contributed by atoms with van der Waals surface area (Å²) in [5.74, 6) is 0. The third-order valence-electron chi connectivity index (χ3n) is 6.97. The van der Waals surface area contributed by atoms with Crippen LogP contribution in [-0.2, 0) is 4.74 Å². The molecule has 2 aliphatic rings. The minimum absolute atomic E-state index is 0.00273. The fraction of sp³-hybridized carbons (Fsp3) is 0.138. The first-order chi connectivity index (χ1) is 18.4. The van der Waals surface area contributed by atoms with Gasteiger partial charge in [-0.25, -0.2) is 4.99 Å². The standard InChI is InChI=1S/C29H22N4O5/c1-18-6-8-19(9-7-18)26-29-31(25-5-3-2-4-24(25)30-26)27(20-10-14-22(15-11-20)32(34)35)28(38-29)21-12-16-23(17-13-21)33(36)37/h2-17,27-29H,1H3/t27-,28?,29?/m0/s1. The summed E-state index contributed by atoms with van der Waals surface area (Å²) in [6, 6.07) is 28.3. The molecule has 0 bridgehead atoms. The lowest BCUT2D eigenvalue weighted by Crippen LogP contribution is -2.41. The second-order valence-electron chi connectivity index (χ2n) is 9.31. The quantitative estimate of drug-likeness (QED) is 0.223. The van der Waals surface area contributed by atoms with Crippen LogP contribution in [0.25, 0.3) is 0 Å². The summed E-state index contributed by atoms with van der Waals surface area (Å²) in [5.41, 5.74) is 6.03. The van der Waals surface area contributed by atoms with Gasteiger partial charge in [0.2, 0.25) is 0 Å². The Kier molecular flexibility index (Phi) is 5.69. The van der Waals surface area contributed by atoms with Crippen molar-refractivity contribution in [2.24, 2.45) is 4.99 Å². The Labute approximate surface area is 217 Å². The molecule has 0 N–H and O–H groups in total. The zero-order chi connectivity index (χ0) is 26.4. The molecule has 188 valence electrons. The number of rotatable bonds is 5. The number of benzene rings is 4. The van der Waals surface area contributed by atoms with Crippen LogP contribution < -0.4 is 4.90 Å². The fourth-order valence-corrected chi connectivity index (χ4v) is 5.11. The van der Waals surface area contributed by atoms with Gasteiger partial charge in [-0.1, -0.05) is 54.1 Å². The van der Waals surface area contributed by atoms with Gasteiger partial charge in [0.25, 0.3) is 11.4 Å². The number of nitro benzene ring substituents is 2. The molecule has 4 aromatic carbocycles. The Morgan fingerprint density at radius 3 is 1.95 bits per heavy atom. The van der Waals surface area contributed by atoms with Crippen LogP contribution in [0.2, 0.25) is 0 Å². The molecule has 0 saturated carbocycles. The van der Waals surface area contributed by atoms with Gasteiger partial charge in [-0.2, -0.15) is 0 Å². The average molecular weight is 507 g/mol. The van der Waals surface area contributed by atoms with Crippen LogP contribution in [0.15, 0.2) is 102 Å². The smallest absolute Gasteiger partial charge is 0.269 e. The van der Waals surface area contributed by atoms with Crippen molar-refractivity contribution in [3.8, 4) is 0 Å². The number of fused-ring (bicyclic) bond motifs is 3. The van der Waals surface area contributed by atoms with Crippen LogP contribution in [-0.4, -0.2) is 21.8 Å². The summed E-state index contributed by atoms with van der Waals surface area (Å²) in [6.07, 6.45) is -1.07. The summed E-state index contributed by atoms with van der Waals surface area (Å²) in [6.45, 7) is 2.02. The van der Waals surface area contributed by atoms with Crippen molar-refractivity contribution < 1.29 is 14.6 Å². The zero-order valence-electron chi connectivity index (χ0n) is 20.3. The van der Waals surface area contributed by atoms with E-state index in [0.717, 1.165) is 39.3 Å². The van der Waals surface area contributed by atoms with E-state index in [9.17, 15) is 20.2 Å². The topological polar surface area (TPSA) is 111 Å². The molecule has 2 heterocycles. The maximum Gasteiger partial charge on any atom is 0.269 e. The Morgan fingerprint density at radius 1 is 0.763 bits per heavy atom. The van der Waals surface area contributed by atoms with Gasteiger partial charge in [-0.05, 0) is 42.3 Å². The van der Waals surface area contributed by atoms with Crippen molar-refractivity contribution in [1.29, 1.82) is 0 Å². The van der Waals surface area contributed by atoms with Crippen molar-refractivity contribution >= 4 is 28.5 Å². The molecule has 3 atom stereocenters. The summed E-state index contributed by atoms with van der Waals surface area (Å²) in [7, 11) is 0. The van der Waals surface area contributed by atoms with E-state index in [0.29, 0.717) is 0 Å². The molecular formula is C29H22N4O5. The first-order valence-electron chi connectivity index (χ1n) is 12.1. The van der Waals surface area contributed by atoms with E-state index >= 15 is 0 Å². The minimum Gasteiger partial charge on any atom is -0.342 e. The molecule has 0 amide bonds. The van der Waals surface area contributed by atoms with Crippen LogP contribution in [0, 0.1) is 27.2 Å². The molecule has 1 saturated heterocycles. The normalized spacial score (nSPS) is 19.9. The van der Waals surface area contributed by atoms with Gasteiger partial charge < -0.3 is 9.64 Å². The van der Waals surface area contributed by atoms with Crippen molar-refractivity contribution in [1.82, 2.24) is 0 Å². The molecule has 1 fully saturated rings. The largest absolute Gasteiger partial charge is 0.342 e. The molecule has 4 aromatic rings. The number of anilines is 1. The monoisotopic (exact) mass is 506 g/mol. The predicted octanol–water partition coefficient (Wildman–Crippen LogP) is 6.59. The molecule has 9 nitrogen and oxygen atoms in total. The van der Waals surface area contributed by atoms with Crippen LogP contribution in [0.1, 0.15) is 34.4 Å². The van der Waals surface area contributed by atoms with Crippen LogP contribution in [0.3, 0.4) is 0 Å².